The van der Waals surface area contributed by atoms with E-state index in [1.807, 2.05) is 19.1 Å². The Morgan fingerprint density at radius 1 is 1.29 bits per heavy atom. The molecule has 0 amide bonds. The Balaban J connectivity index is 2.89. The van der Waals surface area contributed by atoms with E-state index in [1.54, 1.807) is 19.1 Å². The molecule has 0 aromatic heterocycles. The van der Waals surface area contributed by atoms with E-state index in [-0.39, 0.29) is 0 Å². The van der Waals surface area contributed by atoms with Crippen molar-refractivity contribution in [3.8, 4) is 0 Å². The number of rotatable bonds is 2. The molecule has 14 heavy (non-hydrogen) atoms. The lowest BCUT2D eigenvalue weighted by molar-refractivity contribution is 0.325. The molecule has 0 fully saturated rings. The molecule has 0 nitrogen and oxygen atoms in total. The fourth-order valence-corrected chi connectivity index (χ4v) is 1.78. The van der Waals surface area contributed by atoms with Gasteiger partial charge in [-0.05, 0) is 43.9 Å². The van der Waals surface area contributed by atoms with Gasteiger partial charge in [0.15, 0.2) is 0 Å². The molecule has 1 aliphatic rings. The lowest BCUT2D eigenvalue weighted by Crippen LogP contribution is -2.10. The Kier molecular flexibility index (Phi) is 3.30. The summed E-state index contributed by atoms with van der Waals surface area (Å²) in [6.45, 7) is 7.83. The number of halogens is 1. The summed E-state index contributed by atoms with van der Waals surface area (Å²) in [7, 11) is 0. The Hall–Kier alpha value is -0.850. The quantitative estimate of drug-likeness (QED) is 0.618. The second-order valence-corrected chi connectivity index (χ2v) is 4.69. The lowest BCUT2D eigenvalue weighted by atomic mass is 9.98. The number of hydrogen-bond donors (Lipinski definition) is 0. The SMILES string of the molecule is CC1=CC(C)(F)C=C(CC(C)C)C=C1. The van der Waals surface area contributed by atoms with Gasteiger partial charge in [0.25, 0.3) is 0 Å². The van der Waals surface area contributed by atoms with Gasteiger partial charge >= 0.3 is 0 Å². The van der Waals surface area contributed by atoms with Crippen LogP contribution in [0.2, 0.25) is 0 Å². The second-order valence-electron chi connectivity index (χ2n) is 4.69. The van der Waals surface area contributed by atoms with Crippen molar-refractivity contribution in [2.45, 2.75) is 39.8 Å². The van der Waals surface area contributed by atoms with Crippen molar-refractivity contribution in [3.05, 3.63) is 35.5 Å². The van der Waals surface area contributed by atoms with Gasteiger partial charge in [-0.3, -0.25) is 0 Å². The molecule has 0 bridgehead atoms. The third kappa shape index (κ3) is 3.49. The van der Waals surface area contributed by atoms with Crippen LogP contribution >= 0.6 is 0 Å². The monoisotopic (exact) mass is 194 g/mol. The summed E-state index contributed by atoms with van der Waals surface area (Å²) in [6, 6.07) is 0. The van der Waals surface area contributed by atoms with Gasteiger partial charge in [0.2, 0.25) is 0 Å². The minimum absolute atomic E-state index is 0.570. The first kappa shape index (κ1) is 11.2. The molecule has 1 heteroatoms. The summed E-state index contributed by atoms with van der Waals surface area (Å²) in [4.78, 5) is 0. The van der Waals surface area contributed by atoms with Gasteiger partial charge in [-0.1, -0.05) is 31.6 Å². The first-order valence-corrected chi connectivity index (χ1v) is 5.17. The standard InChI is InChI=1S/C13H19F/c1-10(2)7-12-6-5-11(3)8-13(4,14)9-12/h5-6,8-10H,7H2,1-4H3. The highest BCUT2D eigenvalue weighted by atomic mass is 19.1. The normalized spacial score (nSPS) is 27.3. The van der Waals surface area contributed by atoms with E-state index in [0.717, 1.165) is 17.6 Å². The summed E-state index contributed by atoms with van der Waals surface area (Å²) in [5.74, 6) is 0.570. The summed E-state index contributed by atoms with van der Waals surface area (Å²) >= 11 is 0. The predicted octanol–water partition coefficient (Wildman–Crippen LogP) is 4.20. The number of hydrogen-bond acceptors (Lipinski definition) is 0. The van der Waals surface area contributed by atoms with Crippen LogP contribution in [-0.2, 0) is 0 Å². The average Bonchev–Trinajstić information content (AvgIpc) is 2.07. The van der Waals surface area contributed by atoms with E-state index < -0.39 is 5.67 Å². The zero-order valence-corrected chi connectivity index (χ0v) is 9.47. The van der Waals surface area contributed by atoms with Crippen LogP contribution in [-0.4, -0.2) is 5.67 Å². The molecule has 0 aromatic carbocycles. The van der Waals surface area contributed by atoms with Crippen LogP contribution in [0.3, 0.4) is 0 Å². The Labute approximate surface area is 86.2 Å². The molecule has 0 heterocycles. The van der Waals surface area contributed by atoms with Crippen LogP contribution in [0, 0.1) is 5.92 Å². The lowest BCUT2D eigenvalue weighted by Gasteiger charge is -2.12. The predicted molar refractivity (Wildman–Crippen MR) is 59.9 cm³/mol. The van der Waals surface area contributed by atoms with Crippen molar-refractivity contribution in [1.82, 2.24) is 0 Å². The van der Waals surface area contributed by atoms with E-state index in [4.69, 9.17) is 0 Å². The van der Waals surface area contributed by atoms with Gasteiger partial charge in [-0.2, -0.15) is 0 Å². The molecule has 0 spiro atoms. The highest BCUT2D eigenvalue weighted by Crippen LogP contribution is 2.25. The van der Waals surface area contributed by atoms with Gasteiger partial charge in [0.05, 0.1) is 0 Å². The molecular weight excluding hydrogens is 175 g/mol. The zero-order valence-electron chi connectivity index (χ0n) is 9.47. The zero-order chi connectivity index (χ0) is 10.8. The van der Waals surface area contributed by atoms with Crippen LogP contribution < -0.4 is 0 Å². The third-order valence-electron chi connectivity index (χ3n) is 2.18. The topological polar surface area (TPSA) is 0 Å². The van der Waals surface area contributed by atoms with E-state index in [9.17, 15) is 4.39 Å². The third-order valence-corrected chi connectivity index (χ3v) is 2.18. The highest BCUT2D eigenvalue weighted by Gasteiger charge is 2.19. The summed E-state index contributed by atoms with van der Waals surface area (Å²) in [5, 5.41) is 0. The van der Waals surface area contributed by atoms with E-state index >= 15 is 0 Å². The van der Waals surface area contributed by atoms with Crippen molar-refractivity contribution in [3.63, 3.8) is 0 Å². The van der Waals surface area contributed by atoms with Crippen LogP contribution in [0.1, 0.15) is 34.1 Å². The van der Waals surface area contributed by atoms with Gasteiger partial charge < -0.3 is 0 Å². The number of allylic oxidation sites excluding steroid dienone is 6. The largest absolute Gasteiger partial charge is 0.235 e. The number of alkyl halides is 1. The maximum atomic E-state index is 13.9. The van der Waals surface area contributed by atoms with Crippen LogP contribution in [0.5, 0.6) is 0 Å². The fraction of sp³-hybridized carbons (Fsp3) is 0.538. The highest BCUT2D eigenvalue weighted by molar-refractivity contribution is 5.36. The maximum Gasteiger partial charge on any atom is 0.145 e. The minimum Gasteiger partial charge on any atom is -0.235 e. The Morgan fingerprint density at radius 3 is 2.50 bits per heavy atom. The maximum absolute atomic E-state index is 13.9. The van der Waals surface area contributed by atoms with Crippen molar-refractivity contribution in [2.24, 2.45) is 5.92 Å². The smallest absolute Gasteiger partial charge is 0.145 e. The molecule has 1 unspecified atom stereocenters. The van der Waals surface area contributed by atoms with Gasteiger partial charge in [-0.25, -0.2) is 4.39 Å². The van der Waals surface area contributed by atoms with Gasteiger partial charge in [0, 0.05) is 0 Å². The molecule has 0 saturated carbocycles. The molecule has 0 aliphatic heterocycles. The molecule has 1 rings (SSSR count). The molecule has 0 radical (unpaired) electrons. The molecular formula is C13H19F. The van der Waals surface area contributed by atoms with Crippen LogP contribution in [0.4, 0.5) is 4.39 Å². The first-order valence-electron chi connectivity index (χ1n) is 5.17. The van der Waals surface area contributed by atoms with E-state index in [2.05, 4.69) is 13.8 Å². The van der Waals surface area contributed by atoms with Gasteiger partial charge in [-0.15, -0.1) is 0 Å². The summed E-state index contributed by atoms with van der Waals surface area (Å²) in [6.07, 6.45) is 8.34. The van der Waals surface area contributed by atoms with Gasteiger partial charge in [0.1, 0.15) is 5.67 Å². The van der Waals surface area contributed by atoms with Crippen LogP contribution in [0.15, 0.2) is 35.5 Å². The average molecular weight is 194 g/mol. The molecule has 0 aromatic rings. The fourth-order valence-electron chi connectivity index (χ4n) is 1.78. The second kappa shape index (κ2) is 4.12. The molecule has 0 N–H and O–H groups in total. The molecule has 78 valence electrons. The first-order chi connectivity index (χ1) is 6.39. The van der Waals surface area contributed by atoms with Crippen molar-refractivity contribution in [1.29, 1.82) is 0 Å². The Bertz CT molecular complexity index is 290. The summed E-state index contributed by atoms with van der Waals surface area (Å²) in [5.41, 5.74) is 0.792. The van der Waals surface area contributed by atoms with Crippen molar-refractivity contribution >= 4 is 0 Å². The molecule has 1 atom stereocenters. The molecule has 0 saturated heterocycles. The van der Waals surface area contributed by atoms with Crippen molar-refractivity contribution in [2.75, 3.05) is 0 Å². The summed E-state index contributed by atoms with van der Waals surface area (Å²) < 4.78 is 13.9. The molecule has 1 aliphatic carbocycles. The van der Waals surface area contributed by atoms with Crippen molar-refractivity contribution < 1.29 is 4.39 Å². The minimum atomic E-state index is -1.29. The Morgan fingerprint density at radius 2 is 1.93 bits per heavy atom. The van der Waals surface area contributed by atoms with E-state index in [1.165, 1.54) is 0 Å². The van der Waals surface area contributed by atoms with Crippen LogP contribution in [0.25, 0.3) is 0 Å². The van der Waals surface area contributed by atoms with E-state index in [0.29, 0.717) is 5.92 Å².